The molecule has 2 N–H and O–H groups in total. The molecule has 0 bridgehead atoms. The Hall–Kier alpha value is -3.54. The maximum absolute atomic E-state index is 9.74. The maximum atomic E-state index is 9.74. The van der Waals surface area contributed by atoms with Gasteiger partial charge >= 0.3 is 0 Å². The highest BCUT2D eigenvalue weighted by atomic mass is 16.3. The third-order valence-electron chi connectivity index (χ3n) is 5.44. The molecule has 6 heteroatoms. The van der Waals surface area contributed by atoms with Crippen LogP contribution in [0.25, 0.3) is 11.6 Å². The first kappa shape index (κ1) is 21.2. The number of aromatic hydroxyl groups is 2. The number of nitrogens with zero attached hydrogens (tertiary/aromatic N) is 4. The summed E-state index contributed by atoms with van der Waals surface area (Å²) in [4.78, 5) is 8.78. The van der Waals surface area contributed by atoms with E-state index in [4.69, 9.17) is 0 Å². The molecule has 0 fully saturated rings. The van der Waals surface area contributed by atoms with Gasteiger partial charge < -0.3 is 19.3 Å². The minimum Gasteiger partial charge on any atom is -0.506 e. The first-order chi connectivity index (χ1) is 14.2. The van der Waals surface area contributed by atoms with Crippen molar-refractivity contribution in [1.29, 1.82) is 0 Å². The highest BCUT2D eigenvalue weighted by Gasteiger charge is 2.12. The lowest BCUT2D eigenvalue weighted by Crippen LogP contribution is -2.02. The largest absolute Gasteiger partial charge is 0.506 e. The maximum Gasteiger partial charge on any atom is 0.140 e. The number of hydrogen-bond donors (Lipinski definition) is 2. The van der Waals surface area contributed by atoms with Gasteiger partial charge in [-0.25, -0.2) is 9.97 Å². The second-order valence-electron chi connectivity index (χ2n) is 7.42. The third-order valence-corrected chi connectivity index (χ3v) is 5.44. The summed E-state index contributed by atoms with van der Waals surface area (Å²) in [6.45, 7) is 11.4. The van der Waals surface area contributed by atoms with Gasteiger partial charge in [-0.2, -0.15) is 0 Å². The summed E-state index contributed by atoms with van der Waals surface area (Å²) in [5.41, 5.74) is 5.14. The second-order valence-corrected chi connectivity index (χ2v) is 7.42. The van der Waals surface area contributed by atoms with E-state index < -0.39 is 0 Å². The Balaban J connectivity index is 0.000000171. The Bertz CT molecular complexity index is 1070. The first-order valence-electron chi connectivity index (χ1n) is 9.82. The molecular weight excluding hydrogens is 376 g/mol. The molecule has 4 rings (SSSR count). The van der Waals surface area contributed by atoms with Crippen LogP contribution in [0.1, 0.15) is 33.6 Å². The molecule has 0 aromatic carbocycles. The van der Waals surface area contributed by atoms with Crippen molar-refractivity contribution in [3.63, 3.8) is 0 Å². The Morgan fingerprint density at radius 2 is 0.833 bits per heavy atom. The predicted octanol–water partition coefficient (Wildman–Crippen LogP) is 5.01. The van der Waals surface area contributed by atoms with E-state index in [1.54, 1.807) is 0 Å². The molecule has 0 saturated heterocycles. The van der Waals surface area contributed by atoms with Crippen LogP contribution < -0.4 is 0 Å². The van der Waals surface area contributed by atoms with E-state index in [1.165, 1.54) is 0 Å². The van der Waals surface area contributed by atoms with E-state index in [9.17, 15) is 10.2 Å². The van der Waals surface area contributed by atoms with E-state index in [0.29, 0.717) is 22.9 Å². The van der Waals surface area contributed by atoms with Crippen molar-refractivity contribution in [1.82, 2.24) is 19.1 Å². The Kier molecular flexibility index (Phi) is 5.96. The molecule has 0 atom stereocenters. The minimum atomic E-state index is 0.295. The summed E-state index contributed by atoms with van der Waals surface area (Å²) in [6.07, 6.45) is 7.80. The SMILES string of the molecule is Cc1nc(-n2cccc2)c(C)c(C)c1O.Cc1nc(-n2cccc2)c(C)c(C)c1O. The van der Waals surface area contributed by atoms with Gasteiger partial charge in [0, 0.05) is 24.8 Å². The molecule has 0 amide bonds. The van der Waals surface area contributed by atoms with E-state index in [2.05, 4.69) is 9.97 Å². The Morgan fingerprint density at radius 3 is 1.13 bits per heavy atom. The van der Waals surface area contributed by atoms with Gasteiger partial charge in [0.15, 0.2) is 0 Å². The van der Waals surface area contributed by atoms with E-state index in [-0.39, 0.29) is 0 Å². The second kappa shape index (κ2) is 8.45. The standard InChI is InChI=1S/2C12H14N2O/c2*1-8-9(2)12(13-10(3)11(8)15)14-6-4-5-7-14/h2*4-7,15H,1-3H3. The first-order valence-corrected chi connectivity index (χ1v) is 9.82. The van der Waals surface area contributed by atoms with Gasteiger partial charge in [-0.15, -0.1) is 0 Å². The summed E-state index contributed by atoms with van der Waals surface area (Å²) < 4.78 is 3.91. The van der Waals surface area contributed by atoms with E-state index in [0.717, 1.165) is 33.9 Å². The van der Waals surface area contributed by atoms with Gasteiger partial charge in [0.05, 0.1) is 11.4 Å². The van der Waals surface area contributed by atoms with Crippen LogP contribution in [0.4, 0.5) is 0 Å². The van der Waals surface area contributed by atoms with Crippen LogP contribution in [0.2, 0.25) is 0 Å². The fourth-order valence-corrected chi connectivity index (χ4v) is 3.28. The van der Waals surface area contributed by atoms with Gasteiger partial charge in [-0.3, -0.25) is 0 Å². The van der Waals surface area contributed by atoms with Crippen molar-refractivity contribution >= 4 is 0 Å². The summed E-state index contributed by atoms with van der Waals surface area (Å²) in [5.74, 6) is 2.35. The smallest absolute Gasteiger partial charge is 0.140 e. The van der Waals surface area contributed by atoms with Crippen LogP contribution in [-0.2, 0) is 0 Å². The quantitative estimate of drug-likeness (QED) is 0.493. The molecule has 0 saturated carbocycles. The lowest BCUT2D eigenvalue weighted by atomic mass is 10.1. The topological polar surface area (TPSA) is 76.1 Å². The van der Waals surface area contributed by atoms with Crippen LogP contribution in [0.15, 0.2) is 49.1 Å². The predicted molar refractivity (Wildman–Crippen MR) is 119 cm³/mol. The lowest BCUT2D eigenvalue weighted by Gasteiger charge is -2.12. The zero-order valence-corrected chi connectivity index (χ0v) is 18.3. The highest BCUT2D eigenvalue weighted by Crippen LogP contribution is 2.27. The van der Waals surface area contributed by atoms with E-state index in [1.807, 2.05) is 99.7 Å². The number of hydrogen-bond acceptors (Lipinski definition) is 4. The molecule has 30 heavy (non-hydrogen) atoms. The summed E-state index contributed by atoms with van der Waals surface area (Å²) in [5, 5.41) is 19.5. The van der Waals surface area contributed by atoms with Gasteiger partial charge in [-0.1, -0.05) is 0 Å². The van der Waals surface area contributed by atoms with Crippen LogP contribution in [-0.4, -0.2) is 29.3 Å². The summed E-state index contributed by atoms with van der Waals surface area (Å²) in [7, 11) is 0. The van der Waals surface area contributed by atoms with Crippen molar-refractivity contribution in [2.75, 3.05) is 0 Å². The molecule has 4 heterocycles. The fourth-order valence-electron chi connectivity index (χ4n) is 3.28. The average Bonchev–Trinajstić information content (AvgIpc) is 3.45. The molecule has 156 valence electrons. The number of pyridine rings is 2. The summed E-state index contributed by atoms with van der Waals surface area (Å²) in [6, 6.07) is 7.83. The zero-order chi connectivity index (χ0) is 22.0. The Morgan fingerprint density at radius 1 is 0.533 bits per heavy atom. The summed E-state index contributed by atoms with van der Waals surface area (Å²) >= 11 is 0. The average molecular weight is 405 g/mol. The molecule has 0 radical (unpaired) electrons. The van der Waals surface area contributed by atoms with Crippen LogP contribution in [0.3, 0.4) is 0 Å². The normalized spacial score (nSPS) is 10.6. The van der Waals surface area contributed by atoms with Crippen LogP contribution >= 0.6 is 0 Å². The molecule has 4 aromatic heterocycles. The molecule has 4 aromatic rings. The van der Waals surface area contributed by atoms with Gasteiger partial charge in [0.25, 0.3) is 0 Å². The minimum absolute atomic E-state index is 0.295. The van der Waals surface area contributed by atoms with E-state index >= 15 is 0 Å². The van der Waals surface area contributed by atoms with Crippen molar-refractivity contribution in [2.24, 2.45) is 0 Å². The van der Waals surface area contributed by atoms with Gasteiger partial charge in [0.1, 0.15) is 23.1 Å². The molecule has 0 unspecified atom stereocenters. The van der Waals surface area contributed by atoms with Crippen LogP contribution in [0, 0.1) is 41.5 Å². The van der Waals surface area contributed by atoms with Crippen LogP contribution in [0.5, 0.6) is 11.5 Å². The van der Waals surface area contributed by atoms with Crippen molar-refractivity contribution < 1.29 is 10.2 Å². The fraction of sp³-hybridized carbons (Fsp3) is 0.250. The van der Waals surface area contributed by atoms with Crippen molar-refractivity contribution in [3.8, 4) is 23.1 Å². The zero-order valence-electron chi connectivity index (χ0n) is 18.3. The monoisotopic (exact) mass is 404 g/mol. The van der Waals surface area contributed by atoms with Crippen molar-refractivity contribution in [3.05, 3.63) is 82.7 Å². The van der Waals surface area contributed by atoms with Gasteiger partial charge in [-0.05, 0) is 88.1 Å². The molecule has 0 aliphatic rings. The van der Waals surface area contributed by atoms with Crippen molar-refractivity contribution in [2.45, 2.75) is 41.5 Å². The molecule has 6 nitrogen and oxygen atoms in total. The molecule has 0 aliphatic carbocycles. The molecular formula is C24H28N4O2. The number of rotatable bonds is 2. The number of aryl methyl sites for hydroxylation is 2. The number of aromatic nitrogens is 4. The highest BCUT2D eigenvalue weighted by molar-refractivity contribution is 5.49. The van der Waals surface area contributed by atoms with Gasteiger partial charge in [0.2, 0.25) is 0 Å². The lowest BCUT2D eigenvalue weighted by molar-refractivity contribution is 0.462. The molecule has 0 spiro atoms. The Labute approximate surface area is 177 Å². The third kappa shape index (κ3) is 3.94. The molecule has 0 aliphatic heterocycles.